The van der Waals surface area contributed by atoms with Gasteiger partial charge in [0.2, 0.25) is 0 Å². The molecule has 0 saturated carbocycles. The predicted molar refractivity (Wildman–Crippen MR) is 446 cm³/mol. The number of rotatable bonds is 88. The molecule has 0 fully saturated rings. The summed E-state index contributed by atoms with van der Waals surface area (Å²) in [4.78, 5) is 73.2. The number of hydrogen-bond donors (Lipinski definition) is 3. The number of carbonyl (C=O) groups is 4. The third-order valence-corrected chi connectivity index (χ3v) is 22.9. The number of esters is 4. The number of unbranched alkanes of at least 4 members (excludes halogenated alkanes) is 58. The van der Waals surface area contributed by atoms with Crippen molar-refractivity contribution >= 4 is 39.5 Å². The van der Waals surface area contributed by atoms with Gasteiger partial charge in [-0.15, -0.1) is 0 Å². The third kappa shape index (κ3) is 82.1. The van der Waals surface area contributed by atoms with Crippen molar-refractivity contribution in [2.24, 2.45) is 11.8 Å². The first kappa shape index (κ1) is 106. The first-order valence-corrected chi connectivity index (χ1v) is 49.0. The molecule has 0 amide bonds. The van der Waals surface area contributed by atoms with E-state index >= 15 is 0 Å². The minimum Gasteiger partial charge on any atom is -0.462 e. The summed E-state index contributed by atoms with van der Waals surface area (Å²) in [6.45, 7) is 9.71. The Hall–Kier alpha value is -1.94. The molecule has 642 valence electrons. The zero-order chi connectivity index (χ0) is 79.2. The van der Waals surface area contributed by atoms with Gasteiger partial charge >= 0.3 is 39.5 Å². The maximum atomic E-state index is 13.2. The van der Waals surface area contributed by atoms with Crippen molar-refractivity contribution in [1.82, 2.24) is 0 Å². The lowest BCUT2D eigenvalue weighted by atomic mass is 10.0. The van der Waals surface area contributed by atoms with Crippen LogP contribution in [0, 0.1) is 11.8 Å². The van der Waals surface area contributed by atoms with Crippen molar-refractivity contribution in [2.75, 3.05) is 39.6 Å². The van der Waals surface area contributed by atoms with E-state index in [1.54, 1.807) is 0 Å². The Bertz CT molecular complexity index is 2060. The molecular weight excluding hydrogens is 1400 g/mol. The molecule has 0 aliphatic rings. The number of ether oxygens (including phenoxy) is 4. The number of phosphoric ester groups is 2. The lowest BCUT2D eigenvalue weighted by Crippen LogP contribution is -2.30. The van der Waals surface area contributed by atoms with Gasteiger partial charge in [-0.3, -0.25) is 37.3 Å². The Morgan fingerprint density at radius 1 is 0.250 bits per heavy atom. The highest BCUT2D eigenvalue weighted by atomic mass is 31.2. The molecule has 19 heteroatoms. The Morgan fingerprint density at radius 2 is 0.426 bits per heavy atom. The van der Waals surface area contributed by atoms with Gasteiger partial charge in [0, 0.05) is 25.7 Å². The predicted octanol–water partition coefficient (Wildman–Crippen LogP) is 27.4. The molecular formula is C89H174O17P2. The maximum absolute atomic E-state index is 13.2. The monoisotopic (exact) mass is 1580 g/mol. The van der Waals surface area contributed by atoms with Crippen molar-refractivity contribution < 1.29 is 80.2 Å². The van der Waals surface area contributed by atoms with Gasteiger partial charge < -0.3 is 33.8 Å². The standard InChI is InChI=1S/C89H174O17P2/c1-7-9-11-13-15-16-17-18-19-20-21-22-23-27-33-38-43-48-54-60-66-72-87(92)100-78-85(106-89(94)74-68-61-55-49-44-39-34-28-25-24-26-31-36-41-46-52-57-63-69-81(3)4)80-104-108(97,98)102-76-83(90)75-101-107(95,96)103-79-84(77-99-86(91)71-65-59-51-14-12-10-8-2)105-88(93)73-67-62-56-50-45-40-35-30-29-32-37-42-47-53-58-64-70-82(5)6/h81-85,90H,7-80H2,1-6H3,(H,95,96)(H,97,98)/t83-,84+,85+/m0/s1. The zero-order valence-electron chi connectivity index (χ0n) is 71.2. The average molecular weight is 1580 g/mol. The fourth-order valence-electron chi connectivity index (χ4n) is 14.0. The minimum atomic E-state index is -4.97. The normalized spacial score (nSPS) is 13.8. The lowest BCUT2D eigenvalue weighted by Gasteiger charge is -2.21. The van der Waals surface area contributed by atoms with Crippen molar-refractivity contribution in [3.05, 3.63) is 0 Å². The number of phosphoric acid groups is 2. The third-order valence-electron chi connectivity index (χ3n) is 21.0. The Labute approximate surface area is 664 Å². The quantitative estimate of drug-likeness (QED) is 0.0222. The zero-order valence-corrected chi connectivity index (χ0v) is 73.0. The van der Waals surface area contributed by atoms with Crippen LogP contribution < -0.4 is 0 Å². The van der Waals surface area contributed by atoms with Crippen LogP contribution in [0.1, 0.15) is 478 Å². The molecule has 108 heavy (non-hydrogen) atoms. The van der Waals surface area contributed by atoms with E-state index in [2.05, 4.69) is 41.5 Å². The summed E-state index contributed by atoms with van der Waals surface area (Å²) in [6, 6.07) is 0. The van der Waals surface area contributed by atoms with Crippen molar-refractivity contribution in [3.63, 3.8) is 0 Å². The van der Waals surface area contributed by atoms with Crippen LogP contribution in [-0.2, 0) is 65.4 Å². The summed E-state index contributed by atoms with van der Waals surface area (Å²) in [6.07, 6.45) is 74.0. The highest BCUT2D eigenvalue weighted by Gasteiger charge is 2.31. The molecule has 0 rings (SSSR count). The molecule has 0 aromatic carbocycles. The second-order valence-corrected chi connectivity index (χ2v) is 35.8. The van der Waals surface area contributed by atoms with Gasteiger partial charge in [-0.25, -0.2) is 9.13 Å². The average Bonchev–Trinajstić information content (AvgIpc) is 0.898. The minimum absolute atomic E-state index is 0.108. The topological polar surface area (TPSA) is 237 Å². The van der Waals surface area contributed by atoms with Crippen LogP contribution >= 0.6 is 15.6 Å². The molecule has 0 aliphatic heterocycles. The molecule has 17 nitrogen and oxygen atoms in total. The molecule has 0 aliphatic carbocycles. The Morgan fingerprint density at radius 3 is 0.630 bits per heavy atom. The largest absolute Gasteiger partial charge is 0.472 e. The maximum Gasteiger partial charge on any atom is 0.472 e. The second kappa shape index (κ2) is 80.3. The Balaban J connectivity index is 5.15. The second-order valence-electron chi connectivity index (χ2n) is 32.9. The summed E-state index contributed by atoms with van der Waals surface area (Å²) in [5.74, 6) is -0.474. The number of aliphatic hydroxyl groups is 1. The SMILES string of the molecule is CCCCCCCCCCCCCCCCCCCCCCCC(=O)OC[C@H](COP(=O)(O)OC[C@@H](O)COP(=O)(O)OC[C@@H](COC(=O)CCCCCCCCC)OC(=O)CCCCCCCCCCCCCCCCCCC(C)C)OC(=O)CCCCCCCCCCCCCCCCCCCCC(C)C. The molecule has 0 heterocycles. The van der Waals surface area contributed by atoms with Crippen LogP contribution in [0.2, 0.25) is 0 Å². The van der Waals surface area contributed by atoms with Gasteiger partial charge in [0.05, 0.1) is 26.4 Å². The van der Waals surface area contributed by atoms with Crippen LogP contribution in [0.5, 0.6) is 0 Å². The molecule has 0 radical (unpaired) electrons. The smallest absolute Gasteiger partial charge is 0.462 e. The van der Waals surface area contributed by atoms with Gasteiger partial charge in [0.15, 0.2) is 12.2 Å². The van der Waals surface area contributed by atoms with Gasteiger partial charge in [-0.2, -0.15) is 0 Å². The molecule has 0 spiro atoms. The lowest BCUT2D eigenvalue weighted by molar-refractivity contribution is -0.161. The van der Waals surface area contributed by atoms with Crippen molar-refractivity contribution in [2.45, 2.75) is 496 Å². The number of hydrogen-bond acceptors (Lipinski definition) is 15. The Kier molecular flexibility index (Phi) is 78.8. The summed E-state index contributed by atoms with van der Waals surface area (Å²) in [5.41, 5.74) is 0. The van der Waals surface area contributed by atoms with Crippen LogP contribution in [0.3, 0.4) is 0 Å². The first-order valence-electron chi connectivity index (χ1n) is 46.0. The number of aliphatic hydroxyl groups excluding tert-OH is 1. The van der Waals surface area contributed by atoms with Crippen LogP contribution in [0.15, 0.2) is 0 Å². The summed E-state index contributed by atoms with van der Waals surface area (Å²) in [7, 11) is -9.93. The molecule has 0 aromatic heterocycles. The summed E-state index contributed by atoms with van der Waals surface area (Å²) >= 11 is 0. The van der Waals surface area contributed by atoms with E-state index in [1.165, 1.54) is 283 Å². The molecule has 0 saturated heterocycles. The van der Waals surface area contributed by atoms with Gasteiger partial charge in [-0.1, -0.05) is 427 Å². The van der Waals surface area contributed by atoms with E-state index in [4.69, 9.17) is 37.0 Å². The van der Waals surface area contributed by atoms with Crippen LogP contribution in [0.4, 0.5) is 0 Å². The van der Waals surface area contributed by atoms with E-state index in [0.29, 0.717) is 25.7 Å². The molecule has 5 atom stereocenters. The van der Waals surface area contributed by atoms with Gasteiger partial charge in [-0.05, 0) is 37.5 Å². The highest BCUT2D eigenvalue weighted by Crippen LogP contribution is 2.45. The van der Waals surface area contributed by atoms with Crippen molar-refractivity contribution in [1.29, 1.82) is 0 Å². The van der Waals surface area contributed by atoms with Crippen LogP contribution in [0.25, 0.3) is 0 Å². The summed E-state index contributed by atoms with van der Waals surface area (Å²) < 4.78 is 68.9. The van der Waals surface area contributed by atoms with E-state index in [1.807, 2.05) is 0 Å². The summed E-state index contributed by atoms with van der Waals surface area (Å²) in [5, 5.41) is 10.7. The van der Waals surface area contributed by atoms with E-state index in [9.17, 15) is 43.2 Å². The fourth-order valence-corrected chi connectivity index (χ4v) is 15.5. The fraction of sp³-hybridized carbons (Fsp3) is 0.955. The van der Waals surface area contributed by atoms with E-state index < -0.39 is 97.5 Å². The van der Waals surface area contributed by atoms with E-state index in [-0.39, 0.29) is 25.7 Å². The highest BCUT2D eigenvalue weighted by molar-refractivity contribution is 7.47. The molecule has 2 unspecified atom stereocenters. The first-order chi connectivity index (χ1) is 52.4. The molecule has 3 N–H and O–H groups in total. The van der Waals surface area contributed by atoms with Crippen LogP contribution in [-0.4, -0.2) is 96.7 Å². The van der Waals surface area contributed by atoms with Crippen molar-refractivity contribution in [3.8, 4) is 0 Å². The molecule has 0 bridgehead atoms. The molecule has 0 aromatic rings. The van der Waals surface area contributed by atoms with Gasteiger partial charge in [0.1, 0.15) is 19.3 Å². The van der Waals surface area contributed by atoms with Gasteiger partial charge in [0.25, 0.3) is 0 Å². The van der Waals surface area contributed by atoms with E-state index in [0.717, 1.165) is 115 Å². The number of carbonyl (C=O) groups excluding carboxylic acids is 4.